The van der Waals surface area contributed by atoms with Gasteiger partial charge in [-0.15, -0.1) is 0 Å². The van der Waals surface area contributed by atoms with Crippen LogP contribution in [0.5, 0.6) is 0 Å². The van der Waals surface area contributed by atoms with Crippen LogP contribution < -0.4 is 10.2 Å². The molecule has 0 unspecified atom stereocenters. The van der Waals surface area contributed by atoms with Crippen LogP contribution in [0.25, 0.3) is 11.1 Å². The molecule has 4 rings (SSSR count). The average Bonchev–Trinajstić information content (AvgIpc) is 2.84. The number of carbonyl (C=O) groups excluding carboxylic acids is 1. The van der Waals surface area contributed by atoms with E-state index in [9.17, 15) is 9.18 Å². The number of benzene rings is 1. The van der Waals surface area contributed by atoms with Crippen molar-refractivity contribution in [3.05, 3.63) is 72.1 Å². The first-order valence-corrected chi connectivity index (χ1v) is 11.5. The fourth-order valence-electron chi connectivity index (χ4n) is 4.44. The highest BCUT2D eigenvalue weighted by molar-refractivity contribution is 5.78. The summed E-state index contributed by atoms with van der Waals surface area (Å²) in [6.07, 6.45) is 9.63. The van der Waals surface area contributed by atoms with Crippen LogP contribution in [0.2, 0.25) is 0 Å². The first-order valence-electron chi connectivity index (χ1n) is 11.5. The topological polar surface area (TPSA) is 71.0 Å². The molecule has 0 spiro atoms. The number of hydrogen-bond donors (Lipinski definition) is 1. The van der Waals surface area contributed by atoms with E-state index in [-0.39, 0.29) is 18.1 Å². The molecule has 2 aromatic heterocycles. The Balaban J connectivity index is 1.38. The molecule has 0 aliphatic heterocycles. The molecule has 0 atom stereocenters. The Hall–Kier alpha value is -3.35. The molecule has 1 saturated carbocycles. The third-order valence-corrected chi connectivity index (χ3v) is 6.33. The monoisotopic (exact) mass is 447 g/mol. The summed E-state index contributed by atoms with van der Waals surface area (Å²) in [5, 5.41) is 3.00. The highest BCUT2D eigenvalue weighted by atomic mass is 19.1. The van der Waals surface area contributed by atoms with Gasteiger partial charge in [0.1, 0.15) is 5.82 Å². The van der Waals surface area contributed by atoms with Gasteiger partial charge in [0.05, 0.1) is 12.1 Å². The molecular weight excluding hydrogens is 417 g/mol. The highest BCUT2D eigenvalue weighted by Crippen LogP contribution is 2.39. The van der Waals surface area contributed by atoms with Crippen molar-refractivity contribution in [2.75, 3.05) is 25.5 Å². The number of pyridine rings is 1. The van der Waals surface area contributed by atoms with Crippen LogP contribution in [0.1, 0.15) is 42.9 Å². The molecular formula is C26H30FN5O. The maximum atomic E-state index is 13.8. The van der Waals surface area contributed by atoms with Crippen LogP contribution in [-0.2, 0) is 11.2 Å². The Morgan fingerprint density at radius 3 is 2.52 bits per heavy atom. The quantitative estimate of drug-likeness (QED) is 0.582. The van der Waals surface area contributed by atoms with Crippen LogP contribution in [0, 0.1) is 11.7 Å². The lowest BCUT2D eigenvalue weighted by Crippen LogP contribution is -2.32. The van der Waals surface area contributed by atoms with Gasteiger partial charge >= 0.3 is 0 Å². The van der Waals surface area contributed by atoms with Gasteiger partial charge in [0.25, 0.3) is 0 Å². The number of rotatable bonds is 7. The SMILES string of the molecule is CN(C)c1ncc(-c2ccncc2)c(C2CCC(CNC(=O)Cc3ccccc3F)CC2)n1. The van der Waals surface area contributed by atoms with Crippen molar-refractivity contribution >= 4 is 11.9 Å². The smallest absolute Gasteiger partial charge is 0.225 e. The van der Waals surface area contributed by atoms with Gasteiger partial charge in [-0.05, 0) is 60.9 Å². The summed E-state index contributed by atoms with van der Waals surface area (Å²) in [6.45, 7) is 0.629. The van der Waals surface area contributed by atoms with E-state index in [0.29, 0.717) is 29.9 Å². The van der Waals surface area contributed by atoms with E-state index in [1.165, 1.54) is 6.07 Å². The van der Waals surface area contributed by atoms with E-state index < -0.39 is 0 Å². The van der Waals surface area contributed by atoms with Crippen LogP contribution in [0.3, 0.4) is 0 Å². The van der Waals surface area contributed by atoms with Crippen molar-refractivity contribution in [1.82, 2.24) is 20.3 Å². The van der Waals surface area contributed by atoms with Gasteiger partial charge in [-0.3, -0.25) is 9.78 Å². The molecule has 0 saturated heterocycles. The predicted molar refractivity (Wildman–Crippen MR) is 127 cm³/mol. The zero-order valence-corrected chi connectivity index (χ0v) is 19.2. The second-order valence-corrected chi connectivity index (χ2v) is 8.89. The normalized spacial score (nSPS) is 18.0. The molecule has 1 aromatic carbocycles. The maximum Gasteiger partial charge on any atom is 0.225 e. The van der Waals surface area contributed by atoms with Gasteiger partial charge in [-0.1, -0.05) is 18.2 Å². The number of nitrogens with one attached hydrogen (secondary N) is 1. The lowest BCUT2D eigenvalue weighted by atomic mass is 9.79. The Bertz CT molecular complexity index is 1080. The fraction of sp³-hybridized carbons (Fsp3) is 0.385. The largest absolute Gasteiger partial charge is 0.356 e. The van der Waals surface area contributed by atoms with Crippen molar-refractivity contribution in [2.45, 2.75) is 38.0 Å². The van der Waals surface area contributed by atoms with E-state index in [1.54, 1.807) is 30.6 Å². The molecule has 1 fully saturated rings. The number of anilines is 1. The van der Waals surface area contributed by atoms with Crippen molar-refractivity contribution in [3.8, 4) is 11.1 Å². The Morgan fingerprint density at radius 2 is 1.82 bits per heavy atom. The van der Waals surface area contributed by atoms with Crippen molar-refractivity contribution in [3.63, 3.8) is 0 Å². The summed E-state index contributed by atoms with van der Waals surface area (Å²) in [4.78, 5) is 27.8. The molecule has 2 heterocycles. The molecule has 1 aliphatic rings. The Labute approximate surface area is 194 Å². The van der Waals surface area contributed by atoms with Crippen molar-refractivity contribution in [2.24, 2.45) is 5.92 Å². The summed E-state index contributed by atoms with van der Waals surface area (Å²) in [6, 6.07) is 10.4. The summed E-state index contributed by atoms with van der Waals surface area (Å²) < 4.78 is 13.8. The van der Waals surface area contributed by atoms with Gasteiger partial charge in [-0.25, -0.2) is 14.4 Å². The lowest BCUT2D eigenvalue weighted by Gasteiger charge is -2.30. The highest BCUT2D eigenvalue weighted by Gasteiger charge is 2.26. The molecule has 172 valence electrons. The van der Waals surface area contributed by atoms with E-state index in [2.05, 4.69) is 15.3 Å². The van der Waals surface area contributed by atoms with Gasteiger partial charge in [0, 0.05) is 50.7 Å². The van der Waals surface area contributed by atoms with Crippen LogP contribution in [-0.4, -0.2) is 41.5 Å². The minimum atomic E-state index is -0.333. The second-order valence-electron chi connectivity index (χ2n) is 8.89. The Kier molecular flexibility index (Phi) is 7.27. The standard InChI is InChI=1S/C26H30FN5O/c1-32(2)26-30-17-22(19-11-13-28-14-12-19)25(31-26)20-9-7-18(8-10-20)16-29-24(33)15-21-5-3-4-6-23(21)27/h3-6,11-14,17-18,20H,7-10,15-16H2,1-2H3,(H,29,33). The first kappa shape index (κ1) is 22.8. The number of amides is 1. The third kappa shape index (κ3) is 5.72. The molecule has 0 bridgehead atoms. The molecule has 3 aromatic rings. The number of aromatic nitrogens is 3. The molecule has 1 N–H and O–H groups in total. The molecule has 1 aliphatic carbocycles. The molecule has 33 heavy (non-hydrogen) atoms. The summed E-state index contributed by atoms with van der Waals surface area (Å²) >= 11 is 0. The summed E-state index contributed by atoms with van der Waals surface area (Å²) in [5.74, 6) is 1.02. The van der Waals surface area contributed by atoms with Crippen molar-refractivity contribution < 1.29 is 9.18 Å². The van der Waals surface area contributed by atoms with E-state index in [4.69, 9.17) is 4.98 Å². The number of nitrogens with zero attached hydrogens (tertiary/aromatic N) is 4. The first-order chi connectivity index (χ1) is 16.0. The number of carbonyl (C=O) groups is 1. The molecule has 0 radical (unpaired) electrons. The summed E-state index contributed by atoms with van der Waals surface area (Å²) in [7, 11) is 3.90. The van der Waals surface area contributed by atoms with Crippen molar-refractivity contribution in [1.29, 1.82) is 0 Å². The number of halogens is 1. The molecule has 7 heteroatoms. The van der Waals surface area contributed by atoms with Gasteiger partial charge < -0.3 is 10.2 Å². The van der Waals surface area contributed by atoms with Gasteiger partial charge in [0.2, 0.25) is 11.9 Å². The fourth-order valence-corrected chi connectivity index (χ4v) is 4.44. The Morgan fingerprint density at radius 1 is 1.09 bits per heavy atom. The maximum absolute atomic E-state index is 13.8. The van der Waals surface area contributed by atoms with E-state index in [1.807, 2.05) is 37.3 Å². The van der Waals surface area contributed by atoms with Crippen LogP contribution >= 0.6 is 0 Å². The minimum absolute atomic E-state index is 0.0750. The second kappa shape index (κ2) is 10.5. The van der Waals surface area contributed by atoms with Gasteiger partial charge in [-0.2, -0.15) is 0 Å². The van der Waals surface area contributed by atoms with E-state index >= 15 is 0 Å². The third-order valence-electron chi connectivity index (χ3n) is 6.33. The lowest BCUT2D eigenvalue weighted by molar-refractivity contribution is -0.120. The molecule has 6 nitrogen and oxygen atoms in total. The minimum Gasteiger partial charge on any atom is -0.356 e. The summed E-state index contributed by atoms with van der Waals surface area (Å²) in [5.41, 5.74) is 3.65. The average molecular weight is 448 g/mol. The number of hydrogen-bond acceptors (Lipinski definition) is 5. The van der Waals surface area contributed by atoms with Crippen LogP contribution in [0.4, 0.5) is 10.3 Å². The predicted octanol–water partition coefficient (Wildman–Crippen LogP) is 4.38. The zero-order valence-electron chi connectivity index (χ0n) is 19.2. The van der Waals surface area contributed by atoms with E-state index in [0.717, 1.165) is 42.5 Å². The molecule has 1 amide bonds. The van der Waals surface area contributed by atoms with Gasteiger partial charge in [0.15, 0.2) is 0 Å². The van der Waals surface area contributed by atoms with Crippen LogP contribution in [0.15, 0.2) is 55.0 Å². The zero-order chi connectivity index (χ0) is 23.2.